The number of carbonyl (C=O) groups is 1. The van der Waals surface area contributed by atoms with Gasteiger partial charge >= 0.3 is 0 Å². The van der Waals surface area contributed by atoms with Crippen molar-refractivity contribution >= 4 is 5.91 Å². The normalized spacial score (nSPS) is 10.7. The van der Waals surface area contributed by atoms with E-state index in [0.29, 0.717) is 17.3 Å². The summed E-state index contributed by atoms with van der Waals surface area (Å²) in [6.07, 6.45) is 0. The maximum absolute atomic E-state index is 11.7. The van der Waals surface area contributed by atoms with Gasteiger partial charge in [-0.2, -0.15) is 4.98 Å². The van der Waals surface area contributed by atoms with Crippen LogP contribution >= 0.6 is 0 Å². The summed E-state index contributed by atoms with van der Waals surface area (Å²) in [7, 11) is 0. The lowest BCUT2D eigenvalue weighted by molar-refractivity contribution is 0.0943. The number of benzene rings is 1. The molecule has 1 amide bonds. The van der Waals surface area contributed by atoms with Crippen LogP contribution in [0.25, 0.3) is 11.5 Å². The first-order valence-corrected chi connectivity index (χ1v) is 5.78. The van der Waals surface area contributed by atoms with Crippen LogP contribution in [0.5, 0.6) is 0 Å². The topological polar surface area (TPSA) is 68.0 Å². The number of amides is 1. The Morgan fingerprint density at radius 1 is 1.28 bits per heavy atom. The van der Waals surface area contributed by atoms with Gasteiger partial charge in [0.1, 0.15) is 0 Å². The van der Waals surface area contributed by atoms with Crippen LogP contribution < -0.4 is 5.32 Å². The molecule has 5 nitrogen and oxygen atoms in total. The third kappa shape index (κ3) is 2.74. The van der Waals surface area contributed by atoms with Gasteiger partial charge in [0, 0.05) is 17.2 Å². The maximum atomic E-state index is 11.7. The Hall–Kier alpha value is -2.17. The zero-order valence-corrected chi connectivity index (χ0v) is 10.6. The van der Waals surface area contributed by atoms with Gasteiger partial charge in [-0.3, -0.25) is 4.79 Å². The van der Waals surface area contributed by atoms with Crippen LogP contribution in [-0.4, -0.2) is 22.1 Å². The predicted octanol–water partition coefficient (Wildman–Crippen LogP) is 2.18. The van der Waals surface area contributed by atoms with Crippen LogP contribution in [0.1, 0.15) is 30.0 Å². The van der Waals surface area contributed by atoms with Crippen molar-refractivity contribution in [3.63, 3.8) is 0 Å². The minimum atomic E-state index is -0.0849. The van der Waals surface area contributed by atoms with E-state index in [1.165, 1.54) is 0 Å². The molecule has 0 unspecified atom stereocenters. The van der Waals surface area contributed by atoms with Gasteiger partial charge in [0.05, 0.1) is 0 Å². The molecule has 5 heteroatoms. The minimum Gasteiger partial charge on any atom is -0.350 e. The first-order chi connectivity index (χ1) is 8.56. The fraction of sp³-hybridized carbons (Fsp3) is 0.308. The molecule has 0 saturated heterocycles. The van der Waals surface area contributed by atoms with E-state index in [-0.39, 0.29) is 11.9 Å². The van der Waals surface area contributed by atoms with Crippen molar-refractivity contribution in [3.8, 4) is 11.5 Å². The van der Waals surface area contributed by atoms with Crippen molar-refractivity contribution in [3.05, 3.63) is 35.7 Å². The number of hydrogen-bond acceptors (Lipinski definition) is 4. The Bertz CT molecular complexity index is 544. The highest BCUT2D eigenvalue weighted by molar-refractivity contribution is 5.94. The summed E-state index contributed by atoms with van der Waals surface area (Å²) in [5.74, 6) is 0.966. The van der Waals surface area contributed by atoms with Gasteiger partial charge in [-0.1, -0.05) is 5.16 Å². The molecule has 0 aliphatic carbocycles. The maximum Gasteiger partial charge on any atom is 0.257 e. The summed E-state index contributed by atoms with van der Waals surface area (Å²) in [5.41, 5.74) is 1.42. The number of nitrogens with one attached hydrogen (secondary N) is 1. The van der Waals surface area contributed by atoms with Crippen LogP contribution in [0.2, 0.25) is 0 Å². The van der Waals surface area contributed by atoms with Crippen LogP contribution in [0.15, 0.2) is 28.8 Å². The van der Waals surface area contributed by atoms with Gasteiger partial charge in [-0.05, 0) is 45.0 Å². The Kier molecular flexibility index (Phi) is 3.41. The summed E-state index contributed by atoms with van der Waals surface area (Å²) in [6.45, 7) is 5.61. The number of aromatic nitrogens is 2. The molecule has 1 N–H and O–H groups in total. The van der Waals surface area contributed by atoms with Crippen molar-refractivity contribution in [2.45, 2.75) is 26.8 Å². The molecule has 0 saturated carbocycles. The molecule has 2 rings (SSSR count). The van der Waals surface area contributed by atoms with Crippen LogP contribution in [0.4, 0.5) is 0 Å². The van der Waals surface area contributed by atoms with E-state index >= 15 is 0 Å². The van der Waals surface area contributed by atoms with Crippen molar-refractivity contribution in [2.24, 2.45) is 0 Å². The molecular weight excluding hydrogens is 230 g/mol. The van der Waals surface area contributed by atoms with Gasteiger partial charge in [0.25, 0.3) is 11.8 Å². The van der Waals surface area contributed by atoms with E-state index in [9.17, 15) is 4.79 Å². The van der Waals surface area contributed by atoms with E-state index < -0.39 is 0 Å². The van der Waals surface area contributed by atoms with E-state index in [1.807, 2.05) is 13.8 Å². The highest BCUT2D eigenvalue weighted by atomic mass is 16.5. The lowest BCUT2D eigenvalue weighted by Gasteiger charge is -2.08. The van der Waals surface area contributed by atoms with Gasteiger partial charge in [0.2, 0.25) is 0 Å². The fourth-order valence-corrected chi connectivity index (χ4v) is 1.52. The standard InChI is InChI=1S/C13H15N3O2/c1-8(2)14-12(17)10-4-6-11(7-5-10)13-15-9(3)16-18-13/h4-8H,1-3H3,(H,14,17). The minimum absolute atomic E-state index is 0.0849. The molecule has 0 atom stereocenters. The average Bonchev–Trinajstić information content (AvgIpc) is 2.75. The smallest absolute Gasteiger partial charge is 0.257 e. The first-order valence-electron chi connectivity index (χ1n) is 5.78. The lowest BCUT2D eigenvalue weighted by atomic mass is 10.1. The quantitative estimate of drug-likeness (QED) is 0.900. The van der Waals surface area contributed by atoms with E-state index in [2.05, 4.69) is 15.5 Å². The number of rotatable bonds is 3. The number of carbonyl (C=O) groups excluding carboxylic acids is 1. The zero-order valence-electron chi connectivity index (χ0n) is 10.6. The third-order valence-electron chi connectivity index (χ3n) is 2.34. The van der Waals surface area contributed by atoms with Crippen LogP contribution in [-0.2, 0) is 0 Å². The van der Waals surface area contributed by atoms with Gasteiger partial charge in [-0.25, -0.2) is 0 Å². The molecule has 0 aliphatic rings. The number of hydrogen-bond donors (Lipinski definition) is 1. The first kappa shape index (κ1) is 12.3. The SMILES string of the molecule is Cc1noc(-c2ccc(C(=O)NC(C)C)cc2)n1. The predicted molar refractivity (Wildman–Crippen MR) is 67.1 cm³/mol. The molecule has 1 aromatic carbocycles. The molecule has 1 aromatic heterocycles. The Morgan fingerprint density at radius 2 is 1.94 bits per heavy atom. The van der Waals surface area contributed by atoms with Gasteiger partial charge < -0.3 is 9.84 Å². The van der Waals surface area contributed by atoms with Gasteiger partial charge in [-0.15, -0.1) is 0 Å². The molecule has 0 bridgehead atoms. The highest BCUT2D eigenvalue weighted by Gasteiger charge is 2.09. The summed E-state index contributed by atoms with van der Waals surface area (Å²) in [5, 5.41) is 6.56. The second-order valence-electron chi connectivity index (χ2n) is 4.35. The summed E-state index contributed by atoms with van der Waals surface area (Å²) in [6, 6.07) is 7.19. The Labute approximate surface area is 105 Å². The fourth-order valence-electron chi connectivity index (χ4n) is 1.52. The summed E-state index contributed by atoms with van der Waals surface area (Å²) in [4.78, 5) is 15.9. The molecule has 18 heavy (non-hydrogen) atoms. The van der Waals surface area contributed by atoms with Crippen molar-refractivity contribution in [2.75, 3.05) is 0 Å². The molecule has 1 heterocycles. The van der Waals surface area contributed by atoms with Crippen molar-refractivity contribution < 1.29 is 9.32 Å². The largest absolute Gasteiger partial charge is 0.350 e. The summed E-state index contributed by atoms with van der Waals surface area (Å²) < 4.78 is 5.05. The van der Waals surface area contributed by atoms with E-state index in [0.717, 1.165) is 5.56 Å². The average molecular weight is 245 g/mol. The molecule has 2 aromatic rings. The molecule has 0 aliphatic heterocycles. The Balaban J connectivity index is 2.17. The highest BCUT2D eigenvalue weighted by Crippen LogP contribution is 2.17. The van der Waals surface area contributed by atoms with Crippen molar-refractivity contribution in [1.29, 1.82) is 0 Å². The Morgan fingerprint density at radius 3 is 2.44 bits per heavy atom. The molecule has 0 fully saturated rings. The molecule has 0 spiro atoms. The molecule has 0 radical (unpaired) electrons. The van der Waals surface area contributed by atoms with Crippen LogP contribution in [0, 0.1) is 6.92 Å². The monoisotopic (exact) mass is 245 g/mol. The third-order valence-corrected chi connectivity index (χ3v) is 2.34. The molecular formula is C13H15N3O2. The van der Waals surface area contributed by atoms with Crippen LogP contribution in [0.3, 0.4) is 0 Å². The second kappa shape index (κ2) is 5.00. The zero-order chi connectivity index (χ0) is 13.1. The second-order valence-corrected chi connectivity index (χ2v) is 4.35. The molecule has 94 valence electrons. The number of nitrogens with zero attached hydrogens (tertiary/aromatic N) is 2. The number of aryl methyl sites for hydroxylation is 1. The van der Waals surface area contributed by atoms with Gasteiger partial charge in [0.15, 0.2) is 5.82 Å². The van der Waals surface area contributed by atoms with Crippen molar-refractivity contribution in [1.82, 2.24) is 15.5 Å². The van der Waals surface area contributed by atoms with E-state index in [1.54, 1.807) is 31.2 Å². The van der Waals surface area contributed by atoms with E-state index in [4.69, 9.17) is 4.52 Å². The lowest BCUT2D eigenvalue weighted by Crippen LogP contribution is -2.29. The summed E-state index contributed by atoms with van der Waals surface area (Å²) >= 11 is 0.